The van der Waals surface area contributed by atoms with Crippen LogP contribution in [0.2, 0.25) is 16.6 Å². The smallest absolute Gasteiger partial charge is 0.146 e. The lowest BCUT2D eigenvalue weighted by Gasteiger charge is -2.38. The van der Waals surface area contributed by atoms with Gasteiger partial charge in [0, 0.05) is 40.0 Å². The van der Waals surface area contributed by atoms with E-state index in [2.05, 4.69) is 243 Å². The summed E-state index contributed by atoms with van der Waals surface area (Å²) in [6, 6.07) is 54.8. The minimum Gasteiger partial charge on any atom is -0.377 e. The molecule has 9 aromatic rings. The van der Waals surface area contributed by atoms with Gasteiger partial charge in [0.15, 0.2) is 0 Å². The van der Waals surface area contributed by atoms with E-state index in [0.717, 1.165) is 112 Å². The highest BCUT2D eigenvalue weighted by molar-refractivity contribution is 6.90. The Kier molecular flexibility index (Phi) is 15.7. The fraction of sp³-hybridized carbons (Fsp3) is 0.250. The maximum absolute atomic E-state index is 6.36. The van der Waals surface area contributed by atoms with Crippen LogP contribution in [0.3, 0.4) is 0 Å². The second-order valence-electron chi connectivity index (χ2n) is 21.3. The van der Waals surface area contributed by atoms with Crippen molar-refractivity contribution in [1.82, 2.24) is 0 Å². The third-order valence-electron chi connectivity index (χ3n) is 15.1. The minimum atomic E-state index is -1.92. The number of ether oxygens (including phenoxy) is 1. The van der Waals surface area contributed by atoms with Crippen molar-refractivity contribution < 1.29 is 4.74 Å². The lowest BCUT2D eigenvalue weighted by molar-refractivity contribution is 0.117. The molecule has 0 saturated carbocycles. The molecule has 0 amide bonds. The van der Waals surface area contributed by atoms with Gasteiger partial charge in [-0.05, 0) is 210 Å². The minimum absolute atomic E-state index is 0.542. The number of hydrogen-bond acceptors (Lipinski definition) is 1. The lowest BCUT2D eigenvalue weighted by atomic mass is 9.93. The summed E-state index contributed by atoms with van der Waals surface area (Å²) >= 11 is 0. The Labute approximate surface area is 442 Å². The number of terminal acetylenes is 1. The molecule has 9 aromatic carbocycles. The predicted octanol–water partition coefficient (Wildman–Crippen LogP) is 18.7. The summed E-state index contributed by atoms with van der Waals surface area (Å²) in [5.74, 6) is 21.0. The van der Waals surface area contributed by atoms with Gasteiger partial charge in [0.25, 0.3) is 0 Å². The SMILES string of the molecule is C#Cc1cccc2cc3cccc(C#Cc4cc(C)cc(-c5cc(COCCCCCC)cc(-c6cc(C)cc(C#Cc7cccc8cc9cccc(C#C[Si](C(C)C)(C(C)C)C(C)C)c9cc78)c6)c5)c4)c3cc12. The van der Waals surface area contributed by atoms with Crippen LogP contribution in [0.1, 0.15) is 124 Å². The molecule has 0 N–H and O–H groups in total. The molecule has 366 valence electrons. The lowest BCUT2D eigenvalue weighted by Crippen LogP contribution is -2.43. The zero-order valence-electron chi connectivity index (χ0n) is 44.9. The highest BCUT2D eigenvalue weighted by Gasteiger charge is 2.41. The fourth-order valence-corrected chi connectivity index (χ4v) is 16.6. The van der Waals surface area contributed by atoms with Gasteiger partial charge in [0.1, 0.15) is 8.07 Å². The van der Waals surface area contributed by atoms with Crippen LogP contribution >= 0.6 is 0 Å². The van der Waals surface area contributed by atoms with Gasteiger partial charge in [-0.3, -0.25) is 0 Å². The molecule has 0 aliphatic heterocycles. The van der Waals surface area contributed by atoms with E-state index in [1.54, 1.807) is 0 Å². The van der Waals surface area contributed by atoms with Gasteiger partial charge in [0.2, 0.25) is 0 Å². The molecule has 2 heteroatoms. The van der Waals surface area contributed by atoms with Gasteiger partial charge in [-0.25, -0.2) is 0 Å². The van der Waals surface area contributed by atoms with E-state index >= 15 is 0 Å². The van der Waals surface area contributed by atoms with E-state index in [-0.39, 0.29) is 0 Å². The van der Waals surface area contributed by atoms with E-state index in [0.29, 0.717) is 23.2 Å². The average Bonchev–Trinajstić information content (AvgIpc) is 3.38. The molecular formula is C72H68OSi. The van der Waals surface area contributed by atoms with Gasteiger partial charge >= 0.3 is 0 Å². The van der Waals surface area contributed by atoms with Gasteiger partial charge in [-0.1, -0.05) is 164 Å². The van der Waals surface area contributed by atoms with Crippen LogP contribution in [0.4, 0.5) is 0 Å². The zero-order valence-corrected chi connectivity index (χ0v) is 45.9. The van der Waals surface area contributed by atoms with Crippen LogP contribution in [0, 0.1) is 61.3 Å². The number of fused-ring (bicyclic) bond motifs is 4. The molecule has 0 aliphatic rings. The van der Waals surface area contributed by atoms with Crippen LogP contribution in [-0.4, -0.2) is 14.7 Å². The summed E-state index contributed by atoms with van der Waals surface area (Å²) in [6.07, 6.45) is 10.6. The van der Waals surface area contributed by atoms with Crippen LogP contribution in [-0.2, 0) is 11.3 Å². The molecule has 0 atom stereocenters. The summed E-state index contributed by atoms with van der Waals surface area (Å²) in [5, 5.41) is 9.16. The maximum atomic E-state index is 6.36. The van der Waals surface area contributed by atoms with Crippen LogP contribution in [0.5, 0.6) is 0 Å². The van der Waals surface area contributed by atoms with Crippen molar-refractivity contribution in [3.63, 3.8) is 0 Å². The second kappa shape index (κ2) is 22.7. The highest BCUT2D eigenvalue weighted by Crippen LogP contribution is 2.41. The van der Waals surface area contributed by atoms with Crippen molar-refractivity contribution in [1.29, 1.82) is 0 Å². The molecule has 0 aliphatic carbocycles. The summed E-state index contributed by atoms with van der Waals surface area (Å²) < 4.78 is 6.36. The van der Waals surface area contributed by atoms with Gasteiger partial charge in [-0.15, -0.1) is 12.0 Å². The van der Waals surface area contributed by atoms with Crippen molar-refractivity contribution >= 4 is 51.2 Å². The van der Waals surface area contributed by atoms with E-state index in [9.17, 15) is 0 Å². The Morgan fingerprint density at radius 1 is 0.446 bits per heavy atom. The first kappa shape index (κ1) is 51.3. The zero-order chi connectivity index (χ0) is 51.9. The van der Waals surface area contributed by atoms with Crippen molar-refractivity contribution in [2.45, 2.75) is 111 Å². The van der Waals surface area contributed by atoms with Crippen LogP contribution < -0.4 is 0 Å². The molecule has 0 bridgehead atoms. The second-order valence-corrected chi connectivity index (χ2v) is 26.9. The summed E-state index contributed by atoms with van der Waals surface area (Å²) in [6.45, 7) is 22.1. The monoisotopic (exact) mass is 977 g/mol. The molecule has 0 radical (unpaired) electrons. The van der Waals surface area contributed by atoms with E-state index in [1.807, 2.05) is 12.1 Å². The molecule has 0 heterocycles. The molecule has 0 spiro atoms. The van der Waals surface area contributed by atoms with Crippen LogP contribution in [0.15, 0.2) is 152 Å². The molecule has 0 aromatic heterocycles. The van der Waals surface area contributed by atoms with Crippen molar-refractivity contribution in [2.75, 3.05) is 6.61 Å². The summed E-state index contributed by atoms with van der Waals surface area (Å²) in [5.41, 5.74) is 19.6. The normalized spacial score (nSPS) is 11.4. The number of rotatable bonds is 12. The van der Waals surface area contributed by atoms with Crippen molar-refractivity contribution in [3.8, 4) is 69.7 Å². The van der Waals surface area contributed by atoms with E-state index in [4.69, 9.17) is 11.2 Å². The number of unbranched alkanes of at least 4 members (excludes halogenated alkanes) is 3. The van der Waals surface area contributed by atoms with Crippen molar-refractivity contribution in [3.05, 3.63) is 202 Å². The van der Waals surface area contributed by atoms with E-state index < -0.39 is 8.07 Å². The summed E-state index contributed by atoms with van der Waals surface area (Å²) in [7, 11) is -1.92. The highest BCUT2D eigenvalue weighted by atomic mass is 28.3. The van der Waals surface area contributed by atoms with Gasteiger partial charge in [0.05, 0.1) is 6.61 Å². The standard InChI is InChI=1S/C72H68OSi/c1-11-13-14-15-33-73-48-56-41-67(65-37-52(9)35-54(39-65)28-30-58-21-17-25-62-43-61-24-16-20-57(12-2)69(61)46-70(58)62)45-68(42-56)66-38-53(10)36-55(40-66)29-31-59-22-18-26-63-44-64-27-19-23-60(72(64)47-71(59)63)32-34-74(49(3)4,50(5)6)51(7)8/h2,16-27,35-47,49-51H,11,13-15,33,48H2,1,3-10H3. The molecule has 74 heavy (non-hydrogen) atoms. The average molecular weight is 977 g/mol. The molecule has 1 nitrogen and oxygen atoms in total. The van der Waals surface area contributed by atoms with E-state index in [1.165, 1.54) is 35.4 Å². The quantitative estimate of drug-likeness (QED) is 0.0513. The Morgan fingerprint density at radius 3 is 1.32 bits per heavy atom. The first-order chi connectivity index (χ1) is 35.8. The predicted molar refractivity (Wildman–Crippen MR) is 321 cm³/mol. The molecule has 0 unspecified atom stereocenters. The largest absolute Gasteiger partial charge is 0.377 e. The number of benzene rings is 9. The Morgan fingerprint density at radius 2 is 0.878 bits per heavy atom. The van der Waals surface area contributed by atoms with Gasteiger partial charge < -0.3 is 4.74 Å². The Bertz CT molecular complexity index is 3800. The maximum Gasteiger partial charge on any atom is 0.146 e. The Balaban J connectivity index is 1.08. The molecular weight excluding hydrogens is 909 g/mol. The molecule has 0 fully saturated rings. The molecule has 9 rings (SSSR count). The number of aryl methyl sites for hydroxylation is 2. The summed E-state index contributed by atoms with van der Waals surface area (Å²) in [4.78, 5) is 0. The fourth-order valence-electron chi connectivity index (χ4n) is 11.4. The van der Waals surface area contributed by atoms with Gasteiger partial charge in [-0.2, -0.15) is 0 Å². The third kappa shape index (κ3) is 11.2. The number of hydrogen-bond donors (Lipinski definition) is 0. The first-order valence-electron chi connectivity index (χ1n) is 26.7. The first-order valence-corrected chi connectivity index (χ1v) is 29.0. The van der Waals surface area contributed by atoms with Crippen molar-refractivity contribution in [2.24, 2.45) is 0 Å². The molecule has 0 saturated heterocycles. The Hall–Kier alpha value is -7.56. The third-order valence-corrected chi connectivity index (χ3v) is 21.4. The van der Waals surface area contributed by atoms with Crippen LogP contribution in [0.25, 0.3) is 65.3 Å². The topological polar surface area (TPSA) is 9.23 Å².